The van der Waals surface area contributed by atoms with E-state index in [1.54, 1.807) is 36.4 Å². The van der Waals surface area contributed by atoms with Gasteiger partial charge in [0.2, 0.25) is 6.10 Å². The van der Waals surface area contributed by atoms with E-state index in [-0.39, 0.29) is 0 Å². The number of nitrogens with one attached hydrogen (secondary N) is 2. The van der Waals surface area contributed by atoms with Gasteiger partial charge in [-0.25, -0.2) is 9.59 Å². The molecule has 160 valence electrons. The SMILES string of the molecule is CNC(=O)NC(=O)[C@H](OC(=O)c1cc(C)n(-c2ccc(C)cc2)c1C)c1ccccc1. The molecule has 3 aromatic rings. The quantitative estimate of drug-likeness (QED) is 0.617. The summed E-state index contributed by atoms with van der Waals surface area (Å²) >= 11 is 0. The molecule has 0 radical (unpaired) electrons. The van der Waals surface area contributed by atoms with Crippen LogP contribution in [0.5, 0.6) is 0 Å². The second-order valence-corrected chi connectivity index (χ2v) is 7.22. The topological polar surface area (TPSA) is 89.4 Å². The number of hydrogen-bond acceptors (Lipinski definition) is 4. The monoisotopic (exact) mass is 419 g/mol. The summed E-state index contributed by atoms with van der Waals surface area (Å²) in [6.07, 6.45) is -1.27. The van der Waals surface area contributed by atoms with Crippen LogP contribution in [0.25, 0.3) is 5.69 Å². The van der Waals surface area contributed by atoms with Gasteiger partial charge in [-0.2, -0.15) is 0 Å². The van der Waals surface area contributed by atoms with Gasteiger partial charge in [0.25, 0.3) is 5.91 Å². The van der Waals surface area contributed by atoms with E-state index in [0.29, 0.717) is 16.8 Å². The number of ether oxygens (including phenoxy) is 1. The van der Waals surface area contributed by atoms with Crippen molar-refractivity contribution in [1.29, 1.82) is 0 Å². The Bertz CT molecular complexity index is 1100. The minimum atomic E-state index is -1.27. The minimum Gasteiger partial charge on any atom is -0.444 e. The molecule has 1 atom stereocenters. The van der Waals surface area contributed by atoms with E-state index < -0.39 is 24.0 Å². The number of nitrogens with zero attached hydrogens (tertiary/aromatic N) is 1. The lowest BCUT2D eigenvalue weighted by molar-refractivity contribution is -0.129. The molecule has 0 aliphatic rings. The molecule has 3 rings (SSSR count). The summed E-state index contributed by atoms with van der Waals surface area (Å²) in [7, 11) is 1.39. The summed E-state index contributed by atoms with van der Waals surface area (Å²) < 4.78 is 7.55. The van der Waals surface area contributed by atoms with Crippen molar-refractivity contribution in [3.63, 3.8) is 0 Å². The van der Waals surface area contributed by atoms with Crippen LogP contribution in [0.4, 0.5) is 4.79 Å². The van der Waals surface area contributed by atoms with Crippen molar-refractivity contribution in [2.45, 2.75) is 26.9 Å². The van der Waals surface area contributed by atoms with Crippen LogP contribution in [0, 0.1) is 20.8 Å². The van der Waals surface area contributed by atoms with E-state index in [2.05, 4.69) is 10.6 Å². The maximum Gasteiger partial charge on any atom is 0.341 e. The van der Waals surface area contributed by atoms with Crippen molar-refractivity contribution < 1.29 is 19.1 Å². The second kappa shape index (κ2) is 9.30. The highest BCUT2D eigenvalue weighted by Crippen LogP contribution is 2.25. The highest BCUT2D eigenvalue weighted by atomic mass is 16.5. The summed E-state index contributed by atoms with van der Waals surface area (Å²) in [5.74, 6) is -1.38. The number of benzene rings is 2. The summed E-state index contributed by atoms with van der Waals surface area (Å²) in [4.78, 5) is 37.3. The Morgan fingerprint density at radius 2 is 1.58 bits per heavy atom. The number of aryl methyl sites for hydroxylation is 2. The van der Waals surface area contributed by atoms with Crippen LogP contribution < -0.4 is 10.6 Å². The van der Waals surface area contributed by atoms with Gasteiger partial charge in [0.05, 0.1) is 5.56 Å². The van der Waals surface area contributed by atoms with Gasteiger partial charge in [-0.15, -0.1) is 0 Å². The first kappa shape index (κ1) is 21.8. The first-order chi connectivity index (χ1) is 14.8. The van der Waals surface area contributed by atoms with Gasteiger partial charge < -0.3 is 14.6 Å². The lowest BCUT2D eigenvalue weighted by Gasteiger charge is -2.17. The number of hydrogen-bond donors (Lipinski definition) is 2. The summed E-state index contributed by atoms with van der Waals surface area (Å²) in [6.45, 7) is 5.73. The Kier molecular flexibility index (Phi) is 6.55. The average Bonchev–Trinajstić information content (AvgIpc) is 3.07. The molecule has 0 aliphatic carbocycles. The molecule has 7 heteroatoms. The zero-order chi connectivity index (χ0) is 22.5. The number of aromatic nitrogens is 1. The molecule has 0 saturated carbocycles. The van der Waals surface area contributed by atoms with Crippen LogP contribution in [0.15, 0.2) is 60.7 Å². The lowest BCUT2D eigenvalue weighted by Crippen LogP contribution is -2.41. The van der Waals surface area contributed by atoms with E-state index in [4.69, 9.17) is 4.74 Å². The molecule has 31 heavy (non-hydrogen) atoms. The Morgan fingerprint density at radius 1 is 0.935 bits per heavy atom. The molecule has 0 aliphatic heterocycles. The predicted molar refractivity (Wildman–Crippen MR) is 117 cm³/mol. The summed E-state index contributed by atoms with van der Waals surface area (Å²) in [6, 6.07) is 17.6. The average molecular weight is 419 g/mol. The molecule has 0 unspecified atom stereocenters. The third-order valence-electron chi connectivity index (χ3n) is 4.97. The zero-order valence-corrected chi connectivity index (χ0v) is 17.9. The van der Waals surface area contributed by atoms with Crippen LogP contribution >= 0.6 is 0 Å². The molecule has 2 N–H and O–H groups in total. The van der Waals surface area contributed by atoms with Gasteiger partial charge in [0.1, 0.15) is 0 Å². The van der Waals surface area contributed by atoms with Crippen LogP contribution in [-0.4, -0.2) is 29.5 Å². The Morgan fingerprint density at radius 3 is 2.19 bits per heavy atom. The summed E-state index contributed by atoms with van der Waals surface area (Å²) in [5, 5.41) is 4.49. The molecular weight excluding hydrogens is 394 g/mol. The van der Waals surface area contributed by atoms with Gasteiger partial charge in [0.15, 0.2) is 0 Å². The Hall–Kier alpha value is -3.87. The molecule has 0 fully saturated rings. The predicted octanol–water partition coefficient (Wildman–Crippen LogP) is 3.76. The summed E-state index contributed by atoms with van der Waals surface area (Å²) in [5.41, 5.74) is 4.44. The van der Waals surface area contributed by atoms with Crippen molar-refractivity contribution in [1.82, 2.24) is 15.2 Å². The molecule has 1 aromatic heterocycles. The number of amides is 3. The zero-order valence-electron chi connectivity index (χ0n) is 17.9. The van der Waals surface area contributed by atoms with Crippen molar-refractivity contribution in [3.8, 4) is 5.69 Å². The van der Waals surface area contributed by atoms with Gasteiger partial charge in [-0.3, -0.25) is 10.1 Å². The number of carbonyl (C=O) groups excluding carboxylic acids is 3. The van der Waals surface area contributed by atoms with E-state index >= 15 is 0 Å². The van der Waals surface area contributed by atoms with Crippen molar-refractivity contribution >= 4 is 17.9 Å². The standard InChI is InChI=1S/C24H25N3O4/c1-15-10-12-19(13-11-15)27-16(2)14-20(17(27)3)23(29)31-21(18-8-6-5-7-9-18)22(28)26-24(30)25-4/h5-14,21H,1-4H3,(H2,25,26,28,30)/t21-/m1/s1. The smallest absolute Gasteiger partial charge is 0.341 e. The lowest BCUT2D eigenvalue weighted by atomic mass is 10.1. The molecule has 3 amide bonds. The molecular formula is C24H25N3O4. The highest BCUT2D eigenvalue weighted by molar-refractivity contribution is 5.99. The Labute approximate surface area is 181 Å². The second-order valence-electron chi connectivity index (χ2n) is 7.22. The van der Waals surface area contributed by atoms with Crippen LogP contribution in [0.2, 0.25) is 0 Å². The number of urea groups is 1. The molecule has 2 aromatic carbocycles. The van der Waals surface area contributed by atoms with Gasteiger partial charge in [-0.1, -0.05) is 48.0 Å². The van der Waals surface area contributed by atoms with Gasteiger partial charge >= 0.3 is 12.0 Å². The minimum absolute atomic E-state index is 0.353. The fourth-order valence-corrected chi connectivity index (χ4v) is 3.37. The third kappa shape index (κ3) is 4.83. The van der Waals surface area contributed by atoms with Crippen LogP contribution in [0.1, 0.15) is 39.0 Å². The highest BCUT2D eigenvalue weighted by Gasteiger charge is 2.28. The fourth-order valence-electron chi connectivity index (χ4n) is 3.37. The van der Waals surface area contributed by atoms with Crippen molar-refractivity contribution in [3.05, 3.63) is 88.7 Å². The Balaban J connectivity index is 1.92. The van der Waals surface area contributed by atoms with Crippen molar-refractivity contribution in [2.75, 3.05) is 7.05 Å². The molecule has 1 heterocycles. The van der Waals surface area contributed by atoms with Gasteiger partial charge in [0, 0.05) is 29.7 Å². The molecule has 0 saturated heterocycles. The van der Waals surface area contributed by atoms with E-state index in [0.717, 1.165) is 16.9 Å². The number of imide groups is 1. The maximum atomic E-state index is 13.0. The fraction of sp³-hybridized carbons (Fsp3) is 0.208. The number of carbonyl (C=O) groups is 3. The molecule has 0 bridgehead atoms. The van der Waals surface area contributed by atoms with E-state index in [1.807, 2.05) is 49.6 Å². The van der Waals surface area contributed by atoms with E-state index in [9.17, 15) is 14.4 Å². The van der Waals surface area contributed by atoms with Crippen LogP contribution in [-0.2, 0) is 9.53 Å². The number of esters is 1. The largest absolute Gasteiger partial charge is 0.444 e. The maximum absolute atomic E-state index is 13.0. The normalized spacial score (nSPS) is 11.5. The number of rotatable bonds is 5. The first-order valence-electron chi connectivity index (χ1n) is 9.86. The van der Waals surface area contributed by atoms with Gasteiger partial charge in [-0.05, 0) is 39.0 Å². The van der Waals surface area contributed by atoms with E-state index in [1.165, 1.54) is 7.05 Å². The van der Waals surface area contributed by atoms with Crippen LogP contribution in [0.3, 0.4) is 0 Å². The molecule has 0 spiro atoms. The molecule has 7 nitrogen and oxygen atoms in total. The third-order valence-corrected chi connectivity index (χ3v) is 4.97. The van der Waals surface area contributed by atoms with Crippen molar-refractivity contribution in [2.24, 2.45) is 0 Å². The first-order valence-corrected chi connectivity index (χ1v) is 9.86.